The fourth-order valence-corrected chi connectivity index (χ4v) is 2.22. The molecule has 1 aliphatic heterocycles. The average molecular weight is 323 g/mol. The first-order valence-corrected chi connectivity index (χ1v) is 6.86. The lowest BCUT2D eigenvalue weighted by atomic mass is 9.91. The van der Waals surface area contributed by atoms with Crippen LogP contribution in [0.25, 0.3) is 0 Å². The van der Waals surface area contributed by atoms with Crippen LogP contribution in [0.2, 0.25) is 0 Å². The zero-order valence-corrected chi connectivity index (χ0v) is 12.5. The van der Waals surface area contributed by atoms with Gasteiger partial charge in [-0.3, -0.25) is 4.79 Å². The summed E-state index contributed by atoms with van der Waals surface area (Å²) >= 11 is 3.40. The first-order valence-electron chi connectivity index (χ1n) is 6.07. The van der Waals surface area contributed by atoms with Crippen molar-refractivity contribution in [3.8, 4) is 11.8 Å². The van der Waals surface area contributed by atoms with Crippen molar-refractivity contribution in [1.82, 2.24) is 0 Å². The molecule has 1 heterocycles. The number of hydrogen-bond donors (Lipinski definition) is 0. The molecule has 19 heavy (non-hydrogen) atoms. The summed E-state index contributed by atoms with van der Waals surface area (Å²) in [5, 5.41) is 9.04. The molecule has 0 spiro atoms. The van der Waals surface area contributed by atoms with Gasteiger partial charge in [-0.2, -0.15) is 5.26 Å². The Balaban J connectivity index is 2.24. The van der Waals surface area contributed by atoms with Crippen LogP contribution >= 0.6 is 15.9 Å². The number of amides is 1. The van der Waals surface area contributed by atoms with Crippen LogP contribution in [0, 0.1) is 16.7 Å². The smallest absolute Gasteiger partial charge is 0.265 e. The molecule has 0 aromatic heterocycles. The van der Waals surface area contributed by atoms with Gasteiger partial charge in [0.05, 0.1) is 17.2 Å². The molecule has 5 heteroatoms. The first kappa shape index (κ1) is 13.9. The van der Waals surface area contributed by atoms with Gasteiger partial charge in [-0.1, -0.05) is 15.9 Å². The van der Waals surface area contributed by atoms with E-state index in [4.69, 9.17) is 10.00 Å². The number of halogens is 1. The number of nitrogens with zero attached hydrogens (tertiary/aromatic N) is 2. The van der Waals surface area contributed by atoms with Crippen LogP contribution in [0.5, 0.6) is 5.75 Å². The maximum Gasteiger partial charge on any atom is 0.265 e. The number of carbonyl (C=O) groups is 1. The molecule has 0 radical (unpaired) electrons. The Bertz CT molecular complexity index is 549. The van der Waals surface area contributed by atoms with E-state index in [1.165, 1.54) is 0 Å². The van der Waals surface area contributed by atoms with E-state index in [1.54, 1.807) is 4.90 Å². The number of benzene rings is 1. The van der Waals surface area contributed by atoms with E-state index in [0.717, 1.165) is 10.2 Å². The number of fused-ring (bicyclic) bond motifs is 1. The van der Waals surface area contributed by atoms with Gasteiger partial charge in [-0.15, -0.1) is 0 Å². The molecule has 100 valence electrons. The lowest BCUT2D eigenvalue weighted by Crippen LogP contribution is -2.40. The van der Waals surface area contributed by atoms with Gasteiger partial charge in [0.2, 0.25) is 0 Å². The zero-order chi connectivity index (χ0) is 14.0. The number of nitriles is 1. The molecule has 0 aliphatic carbocycles. The Morgan fingerprint density at radius 3 is 2.95 bits per heavy atom. The van der Waals surface area contributed by atoms with E-state index in [-0.39, 0.29) is 12.5 Å². The second kappa shape index (κ2) is 5.22. The van der Waals surface area contributed by atoms with Gasteiger partial charge in [-0.25, -0.2) is 0 Å². The Hall–Kier alpha value is -1.54. The molecule has 1 aromatic carbocycles. The molecule has 0 saturated carbocycles. The molecular weight excluding hydrogens is 308 g/mol. The summed E-state index contributed by atoms with van der Waals surface area (Å²) in [6, 6.07) is 7.84. The van der Waals surface area contributed by atoms with E-state index < -0.39 is 5.41 Å². The number of hydrogen-bond acceptors (Lipinski definition) is 3. The highest BCUT2D eigenvalue weighted by Crippen LogP contribution is 2.35. The van der Waals surface area contributed by atoms with Crippen LogP contribution in [0.3, 0.4) is 0 Å². The molecule has 1 aliphatic rings. The first-order chi connectivity index (χ1) is 8.93. The van der Waals surface area contributed by atoms with Crippen LogP contribution in [-0.2, 0) is 4.79 Å². The molecule has 0 bridgehead atoms. The molecule has 2 rings (SSSR count). The number of carbonyl (C=O) groups excluding carboxylic acids is 1. The highest BCUT2D eigenvalue weighted by Gasteiger charge is 2.27. The van der Waals surface area contributed by atoms with Crippen LogP contribution in [0.1, 0.15) is 20.3 Å². The third kappa shape index (κ3) is 3.07. The van der Waals surface area contributed by atoms with Crippen molar-refractivity contribution < 1.29 is 9.53 Å². The average Bonchev–Trinajstić information content (AvgIpc) is 2.37. The largest absolute Gasteiger partial charge is 0.482 e. The zero-order valence-electron chi connectivity index (χ0n) is 10.9. The SMILES string of the molecule is CC(C)(C#N)CCN1C(=O)COc2ccc(Br)cc21. The molecule has 0 atom stereocenters. The molecule has 0 fully saturated rings. The second-order valence-corrected chi connectivity index (χ2v) is 6.11. The van der Waals surface area contributed by atoms with Gasteiger partial charge in [0.25, 0.3) is 5.91 Å². The monoisotopic (exact) mass is 322 g/mol. The topological polar surface area (TPSA) is 53.3 Å². The Kier molecular flexibility index (Phi) is 3.81. The highest BCUT2D eigenvalue weighted by atomic mass is 79.9. The van der Waals surface area contributed by atoms with Gasteiger partial charge >= 0.3 is 0 Å². The lowest BCUT2D eigenvalue weighted by Gasteiger charge is -2.31. The van der Waals surface area contributed by atoms with Crippen molar-refractivity contribution in [2.75, 3.05) is 18.1 Å². The minimum Gasteiger partial charge on any atom is -0.482 e. The standard InChI is InChI=1S/C14H15BrN2O2/c1-14(2,9-16)5-6-17-11-7-10(15)3-4-12(11)19-8-13(17)18/h3-4,7H,5-6,8H2,1-2H3. The lowest BCUT2D eigenvalue weighted by molar-refractivity contribution is -0.121. The number of anilines is 1. The molecule has 0 unspecified atom stereocenters. The van der Waals surface area contributed by atoms with E-state index >= 15 is 0 Å². The third-order valence-electron chi connectivity index (χ3n) is 3.13. The number of rotatable bonds is 3. The maximum absolute atomic E-state index is 12.0. The van der Waals surface area contributed by atoms with Crippen LogP contribution in [0.15, 0.2) is 22.7 Å². The molecule has 0 saturated heterocycles. The third-order valence-corrected chi connectivity index (χ3v) is 3.62. The Labute approximate surface area is 121 Å². The van der Waals surface area contributed by atoms with Crippen molar-refractivity contribution in [1.29, 1.82) is 5.26 Å². The second-order valence-electron chi connectivity index (χ2n) is 5.19. The van der Waals surface area contributed by atoms with E-state index in [1.807, 2.05) is 32.0 Å². The molecule has 0 N–H and O–H groups in total. The predicted molar refractivity (Wildman–Crippen MR) is 76.0 cm³/mol. The van der Waals surface area contributed by atoms with E-state index in [0.29, 0.717) is 18.7 Å². The molecule has 1 amide bonds. The summed E-state index contributed by atoms with van der Waals surface area (Å²) in [6.07, 6.45) is 0.626. The summed E-state index contributed by atoms with van der Waals surface area (Å²) in [5.41, 5.74) is 0.324. The quantitative estimate of drug-likeness (QED) is 0.859. The van der Waals surface area contributed by atoms with Crippen LogP contribution < -0.4 is 9.64 Å². The normalized spacial score (nSPS) is 14.6. The molecular formula is C14H15BrN2O2. The Morgan fingerprint density at radius 1 is 1.53 bits per heavy atom. The summed E-state index contributed by atoms with van der Waals surface area (Å²) in [7, 11) is 0. The fraction of sp³-hybridized carbons (Fsp3) is 0.429. The molecule has 1 aromatic rings. The molecule has 4 nitrogen and oxygen atoms in total. The maximum atomic E-state index is 12.0. The minimum atomic E-state index is -0.440. The minimum absolute atomic E-state index is 0.0572. The summed E-state index contributed by atoms with van der Waals surface area (Å²) in [6.45, 7) is 4.33. The van der Waals surface area contributed by atoms with E-state index in [2.05, 4.69) is 22.0 Å². The van der Waals surface area contributed by atoms with Gasteiger partial charge < -0.3 is 9.64 Å². The van der Waals surface area contributed by atoms with Gasteiger partial charge in [0, 0.05) is 11.0 Å². The van der Waals surface area contributed by atoms with Crippen LogP contribution in [0.4, 0.5) is 5.69 Å². The summed E-state index contributed by atoms with van der Waals surface area (Å²) in [5.74, 6) is 0.636. The van der Waals surface area contributed by atoms with Crippen LogP contribution in [-0.4, -0.2) is 19.1 Å². The summed E-state index contributed by atoms with van der Waals surface area (Å²) < 4.78 is 6.30. The van der Waals surface area contributed by atoms with Crippen molar-refractivity contribution in [3.63, 3.8) is 0 Å². The van der Waals surface area contributed by atoms with Crippen molar-refractivity contribution in [2.24, 2.45) is 5.41 Å². The van der Waals surface area contributed by atoms with Crippen molar-refractivity contribution in [3.05, 3.63) is 22.7 Å². The van der Waals surface area contributed by atoms with Gasteiger partial charge in [0.1, 0.15) is 5.75 Å². The fourth-order valence-electron chi connectivity index (χ4n) is 1.87. The van der Waals surface area contributed by atoms with Crippen molar-refractivity contribution in [2.45, 2.75) is 20.3 Å². The van der Waals surface area contributed by atoms with E-state index in [9.17, 15) is 4.79 Å². The predicted octanol–water partition coefficient (Wildman–Crippen LogP) is 3.11. The Morgan fingerprint density at radius 2 is 2.26 bits per heavy atom. The van der Waals surface area contributed by atoms with Gasteiger partial charge in [0.15, 0.2) is 6.61 Å². The van der Waals surface area contributed by atoms with Crippen molar-refractivity contribution >= 4 is 27.5 Å². The summed E-state index contributed by atoms with van der Waals surface area (Å²) in [4.78, 5) is 13.7. The number of ether oxygens (including phenoxy) is 1. The highest BCUT2D eigenvalue weighted by molar-refractivity contribution is 9.10. The van der Waals surface area contributed by atoms with Gasteiger partial charge in [-0.05, 0) is 38.5 Å².